The first-order chi connectivity index (χ1) is 7.90. The lowest BCUT2D eigenvalue weighted by Crippen LogP contribution is -2.33. The molecule has 1 unspecified atom stereocenters. The van der Waals surface area contributed by atoms with E-state index < -0.39 is 5.97 Å². The Morgan fingerprint density at radius 3 is 2.53 bits per heavy atom. The SMILES string of the molecule is CC(C)CC(C)NC(=O)c1cc(C(=O)O)co1. The first-order valence-corrected chi connectivity index (χ1v) is 5.52. The molecule has 1 atom stereocenters. The zero-order chi connectivity index (χ0) is 13.0. The highest BCUT2D eigenvalue weighted by atomic mass is 16.4. The summed E-state index contributed by atoms with van der Waals surface area (Å²) >= 11 is 0. The van der Waals surface area contributed by atoms with E-state index in [0.717, 1.165) is 12.7 Å². The molecular weight excluding hydrogens is 222 g/mol. The standard InChI is InChI=1S/C12H17NO4/c1-7(2)4-8(3)13-11(14)10-5-9(6-17-10)12(15)16/h5-8H,4H2,1-3H3,(H,13,14)(H,15,16). The molecule has 5 heteroatoms. The molecule has 0 saturated carbocycles. The van der Waals surface area contributed by atoms with E-state index in [1.54, 1.807) is 0 Å². The van der Waals surface area contributed by atoms with E-state index in [1.807, 2.05) is 6.92 Å². The summed E-state index contributed by atoms with van der Waals surface area (Å²) < 4.78 is 4.90. The second-order valence-electron chi connectivity index (χ2n) is 4.51. The number of hydrogen-bond donors (Lipinski definition) is 2. The van der Waals surface area contributed by atoms with Gasteiger partial charge < -0.3 is 14.8 Å². The Balaban J connectivity index is 2.60. The molecule has 2 N–H and O–H groups in total. The number of carboxylic acid groups (broad SMARTS) is 1. The van der Waals surface area contributed by atoms with Crippen LogP contribution in [0, 0.1) is 5.92 Å². The Morgan fingerprint density at radius 1 is 1.41 bits per heavy atom. The Labute approximate surface area is 99.8 Å². The maximum Gasteiger partial charge on any atom is 0.338 e. The van der Waals surface area contributed by atoms with Crippen molar-refractivity contribution < 1.29 is 19.1 Å². The molecule has 0 aromatic carbocycles. The largest absolute Gasteiger partial charge is 0.478 e. The van der Waals surface area contributed by atoms with Gasteiger partial charge in [-0.25, -0.2) is 4.79 Å². The fourth-order valence-electron chi connectivity index (χ4n) is 1.63. The zero-order valence-corrected chi connectivity index (χ0v) is 10.2. The van der Waals surface area contributed by atoms with Crippen LogP contribution in [0.4, 0.5) is 0 Å². The normalized spacial score (nSPS) is 12.5. The van der Waals surface area contributed by atoms with Gasteiger partial charge in [0.15, 0.2) is 5.76 Å². The van der Waals surface area contributed by atoms with Crippen molar-refractivity contribution in [3.05, 3.63) is 23.7 Å². The average molecular weight is 239 g/mol. The van der Waals surface area contributed by atoms with Crippen molar-refractivity contribution in [2.45, 2.75) is 33.2 Å². The number of carbonyl (C=O) groups excluding carboxylic acids is 1. The van der Waals surface area contributed by atoms with Crippen LogP contribution in [0.25, 0.3) is 0 Å². The van der Waals surface area contributed by atoms with Gasteiger partial charge in [-0.05, 0) is 19.3 Å². The third-order valence-electron chi connectivity index (χ3n) is 2.27. The first kappa shape index (κ1) is 13.3. The average Bonchev–Trinajstić information content (AvgIpc) is 2.64. The topological polar surface area (TPSA) is 79.5 Å². The van der Waals surface area contributed by atoms with E-state index in [-0.39, 0.29) is 23.3 Å². The van der Waals surface area contributed by atoms with Gasteiger partial charge in [0.1, 0.15) is 6.26 Å². The van der Waals surface area contributed by atoms with Crippen LogP contribution in [-0.2, 0) is 0 Å². The summed E-state index contributed by atoms with van der Waals surface area (Å²) in [4.78, 5) is 22.3. The summed E-state index contributed by atoms with van der Waals surface area (Å²) in [6, 6.07) is 1.25. The summed E-state index contributed by atoms with van der Waals surface area (Å²) in [5.41, 5.74) is -0.0216. The number of furan rings is 1. The number of aromatic carboxylic acids is 1. The van der Waals surface area contributed by atoms with Crippen molar-refractivity contribution in [3.8, 4) is 0 Å². The second kappa shape index (κ2) is 5.52. The maximum absolute atomic E-state index is 11.7. The molecule has 0 aliphatic rings. The molecule has 17 heavy (non-hydrogen) atoms. The number of carboxylic acids is 1. The third kappa shape index (κ3) is 3.94. The summed E-state index contributed by atoms with van der Waals surface area (Å²) in [5.74, 6) is -0.983. The van der Waals surface area contributed by atoms with Crippen molar-refractivity contribution in [1.29, 1.82) is 0 Å². The summed E-state index contributed by atoms with van der Waals surface area (Å²) in [6.45, 7) is 6.04. The van der Waals surface area contributed by atoms with Gasteiger partial charge in [-0.15, -0.1) is 0 Å². The van der Waals surface area contributed by atoms with E-state index in [0.29, 0.717) is 5.92 Å². The predicted molar refractivity (Wildman–Crippen MR) is 62.1 cm³/mol. The molecule has 1 aromatic heterocycles. The fourth-order valence-corrected chi connectivity index (χ4v) is 1.63. The zero-order valence-electron chi connectivity index (χ0n) is 10.2. The van der Waals surface area contributed by atoms with Crippen LogP contribution >= 0.6 is 0 Å². The van der Waals surface area contributed by atoms with Crippen LogP contribution in [0.5, 0.6) is 0 Å². The first-order valence-electron chi connectivity index (χ1n) is 5.52. The quantitative estimate of drug-likeness (QED) is 0.825. The predicted octanol–water partition coefficient (Wildman–Crippen LogP) is 2.14. The van der Waals surface area contributed by atoms with Crippen molar-refractivity contribution in [1.82, 2.24) is 5.32 Å². The van der Waals surface area contributed by atoms with E-state index in [4.69, 9.17) is 9.52 Å². The molecule has 1 heterocycles. The molecular formula is C12H17NO4. The third-order valence-corrected chi connectivity index (χ3v) is 2.27. The molecule has 5 nitrogen and oxygen atoms in total. The van der Waals surface area contributed by atoms with Crippen LogP contribution in [0.1, 0.15) is 48.1 Å². The Kier molecular flexibility index (Phi) is 4.31. The van der Waals surface area contributed by atoms with Gasteiger partial charge in [-0.1, -0.05) is 13.8 Å². The highest BCUT2D eigenvalue weighted by Gasteiger charge is 2.16. The minimum Gasteiger partial charge on any atom is -0.478 e. The van der Waals surface area contributed by atoms with Gasteiger partial charge in [0.2, 0.25) is 0 Å². The van der Waals surface area contributed by atoms with Gasteiger partial charge in [0.05, 0.1) is 5.56 Å². The van der Waals surface area contributed by atoms with Crippen molar-refractivity contribution in [2.24, 2.45) is 5.92 Å². The second-order valence-corrected chi connectivity index (χ2v) is 4.51. The minimum atomic E-state index is -1.11. The van der Waals surface area contributed by atoms with Gasteiger partial charge in [-0.3, -0.25) is 4.79 Å². The number of amides is 1. The fraction of sp³-hybridized carbons (Fsp3) is 0.500. The summed E-state index contributed by atoms with van der Waals surface area (Å²) in [5, 5.41) is 11.4. The molecule has 94 valence electrons. The lowest BCUT2D eigenvalue weighted by Gasteiger charge is -2.14. The van der Waals surface area contributed by atoms with Crippen LogP contribution < -0.4 is 5.32 Å². The Bertz CT molecular complexity index is 408. The number of hydrogen-bond acceptors (Lipinski definition) is 3. The Morgan fingerprint density at radius 2 is 2.06 bits per heavy atom. The van der Waals surface area contributed by atoms with Gasteiger partial charge >= 0.3 is 5.97 Å². The van der Waals surface area contributed by atoms with Gasteiger partial charge in [0.25, 0.3) is 5.91 Å². The van der Waals surface area contributed by atoms with Gasteiger partial charge in [0, 0.05) is 12.1 Å². The van der Waals surface area contributed by atoms with Crippen LogP contribution in [0.15, 0.2) is 16.7 Å². The molecule has 0 aliphatic carbocycles. The molecule has 0 saturated heterocycles. The number of carbonyl (C=O) groups is 2. The van der Waals surface area contributed by atoms with Crippen molar-refractivity contribution in [3.63, 3.8) is 0 Å². The molecule has 0 bridgehead atoms. The lowest BCUT2D eigenvalue weighted by molar-refractivity contribution is 0.0695. The van der Waals surface area contributed by atoms with Gasteiger partial charge in [-0.2, -0.15) is 0 Å². The summed E-state index contributed by atoms with van der Waals surface area (Å²) in [6.07, 6.45) is 1.92. The monoisotopic (exact) mass is 239 g/mol. The molecule has 1 aromatic rings. The molecule has 0 fully saturated rings. The smallest absolute Gasteiger partial charge is 0.338 e. The van der Waals surface area contributed by atoms with Crippen LogP contribution in [0.2, 0.25) is 0 Å². The molecule has 0 aliphatic heterocycles. The highest BCUT2D eigenvalue weighted by Crippen LogP contribution is 2.09. The Hall–Kier alpha value is -1.78. The highest BCUT2D eigenvalue weighted by molar-refractivity contribution is 5.95. The van der Waals surface area contributed by atoms with E-state index >= 15 is 0 Å². The lowest BCUT2D eigenvalue weighted by atomic mass is 10.1. The molecule has 0 spiro atoms. The molecule has 1 amide bonds. The van der Waals surface area contributed by atoms with E-state index in [1.165, 1.54) is 6.07 Å². The van der Waals surface area contributed by atoms with Crippen LogP contribution in [-0.4, -0.2) is 23.0 Å². The van der Waals surface area contributed by atoms with E-state index in [2.05, 4.69) is 19.2 Å². The summed E-state index contributed by atoms with van der Waals surface area (Å²) in [7, 11) is 0. The number of nitrogens with one attached hydrogen (secondary N) is 1. The van der Waals surface area contributed by atoms with Crippen molar-refractivity contribution in [2.75, 3.05) is 0 Å². The maximum atomic E-state index is 11.7. The molecule has 1 rings (SSSR count). The van der Waals surface area contributed by atoms with Crippen LogP contribution in [0.3, 0.4) is 0 Å². The minimum absolute atomic E-state index is 0.0216. The van der Waals surface area contributed by atoms with Crippen molar-refractivity contribution >= 4 is 11.9 Å². The molecule has 0 radical (unpaired) electrons. The van der Waals surface area contributed by atoms with E-state index in [9.17, 15) is 9.59 Å². The number of rotatable bonds is 5.